The van der Waals surface area contributed by atoms with Crippen LogP contribution in [0.2, 0.25) is 0 Å². The van der Waals surface area contributed by atoms with Gasteiger partial charge in [0.2, 0.25) is 0 Å². The van der Waals surface area contributed by atoms with Crippen LogP contribution in [-0.2, 0) is 0 Å². The predicted molar refractivity (Wildman–Crippen MR) is 82.7 cm³/mol. The molecule has 2 N–H and O–H groups in total. The number of hydrogen-bond donors (Lipinski definition) is 2. The lowest BCUT2D eigenvalue weighted by atomic mass is 9.86. The third-order valence-corrected chi connectivity index (χ3v) is 4.04. The first-order valence-electron chi connectivity index (χ1n) is 7.80. The van der Waals surface area contributed by atoms with Gasteiger partial charge in [-0.05, 0) is 25.0 Å². The Morgan fingerprint density at radius 3 is 2.75 bits per heavy atom. The number of aliphatic hydroxyl groups excluding tert-OH is 1. The minimum atomic E-state index is -4.78. The number of urea groups is 1. The van der Waals surface area contributed by atoms with E-state index in [-0.39, 0.29) is 11.6 Å². The Morgan fingerprint density at radius 2 is 2.08 bits per heavy atom. The van der Waals surface area contributed by atoms with Crippen molar-refractivity contribution in [3.8, 4) is 5.75 Å². The van der Waals surface area contributed by atoms with E-state index in [1.54, 1.807) is 7.05 Å². The number of rotatable bonds is 4. The van der Waals surface area contributed by atoms with Gasteiger partial charge in [0.25, 0.3) is 0 Å². The Hall–Kier alpha value is -1.96. The Balaban J connectivity index is 1.92. The lowest BCUT2D eigenvalue weighted by molar-refractivity contribution is -0.274. The van der Waals surface area contributed by atoms with Crippen LogP contribution in [0.3, 0.4) is 0 Å². The van der Waals surface area contributed by atoms with Crippen LogP contribution in [0.5, 0.6) is 5.75 Å². The zero-order valence-electron chi connectivity index (χ0n) is 13.3. The molecule has 2 unspecified atom stereocenters. The highest BCUT2D eigenvalue weighted by molar-refractivity contribution is 5.89. The Morgan fingerprint density at radius 1 is 1.38 bits per heavy atom. The van der Waals surface area contributed by atoms with Crippen LogP contribution in [0.15, 0.2) is 24.3 Å². The van der Waals surface area contributed by atoms with Crippen molar-refractivity contribution in [1.29, 1.82) is 0 Å². The standard InChI is InChI=1S/C16H21F3N2O3/c1-21(10-11-5-2-3-8-14(11)22)15(23)20-12-6-4-7-13(9-12)24-16(17,18)19/h4,6-7,9,11,14,22H,2-3,5,8,10H2,1H3,(H,20,23). The number of nitrogens with one attached hydrogen (secondary N) is 1. The Kier molecular flexibility index (Phi) is 5.93. The van der Waals surface area contributed by atoms with Crippen molar-refractivity contribution < 1.29 is 27.8 Å². The van der Waals surface area contributed by atoms with Crippen LogP contribution in [-0.4, -0.2) is 42.1 Å². The molecule has 1 aliphatic rings. The van der Waals surface area contributed by atoms with Crippen LogP contribution in [0.1, 0.15) is 25.7 Å². The molecule has 0 aliphatic heterocycles. The number of carbonyl (C=O) groups excluding carboxylic acids is 1. The number of aliphatic hydroxyl groups is 1. The van der Waals surface area contributed by atoms with E-state index in [2.05, 4.69) is 10.1 Å². The second-order valence-electron chi connectivity index (χ2n) is 6.00. The Bertz CT molecular complexity index is 566. The second-order valence-corrected chi connectivity index (χ2v) is 6.00. The largest absolute Gasteiger partial charge is 0.573 e. The molecule has 24 heavy (non-hydrogen) atoms. The van der Waals surface area contributed by atoms with Crippen molar-refractivity contribution >= 4 is 11.7 Å². The van der Waals surface area contributed by atoms with Crippen molar-refractivity contribution in [3.05, 3.63) is 24.3 Å². The SMILES string of the molecule is CN(CC1CCCCC1O)C(=O)Nc1cccc(OC(F)(F)F)c1. The smallest absolute Gasteiger partial charge is 0.406 e. The summed E-state index contributed by atoms with van der Waals surface area (Å²) in [7, 11) is 1.59. The van der Waals surface area contributed by atoms with Crippen LogP contribution >= 0.6 is 0 Å². The summed E-state index contributed by atoms with van der Waals surface area (Å²) in [5.74, 6) is -0.375. The van der Waals surface area contributed by atoms with Gasteiger partial charge in [-0.1, -0.05) is 18.9 Å². The first-order valence-corrected chi connectivity index (χ1v) is 7.80. The van der Waals surface area contributed by atoms with Gasteiger partial charge in [-0.25, -0.2) is 4.79 Å². The minimum absolute atomic E-state index is 0.0226. The first-order chi connectivity index (χ1) is 11.2. The van der Waals surface area contributed by atoms with Crippen molar-refractivity contribution in [3.63, 3.8) is 0 Å². The van der Waals surface area contributed by atoms with Gasteiger partial charge >= 0.3 is 12.4 Å². The Labute approximate surface area is 138 Å². The fraction of sp³-hybridized carbons (Fsp3) is 0.562. The predicted octanol–water partition coefficient (Wildman–Crippen LogP) is 3.60. The summed E-state index contributed by atoms with van der Waals surface area (Å²) in [4.78, 5) is 13.6. The molecule has 1 aliphatic carbocycles. The fourth-order valence-electron chi connectivity index (χ4n) is 2.83. The molecule has 0 spiro atoms. The van der Waals surface area contributed by atoms with Gasteiger partial charge < -0.3 is 20.1 Å². The molecule has 1 fully saturated rings. The van der Waals surface area contributed by atoms with E-state index in [1.807, 2.05) is 0 Å². The first kappa shape index (κ1) is 18.4. The number of alkyl halides is 3. The number of benzene rings is 1. The number of anilines is 1. The molecular formula is C16H21F3N2O3. The molecule has 0 saturated heterocycles. The molecule has 0 radical (unpaired) electrons. The molecule has 0 aromatic heterocycles. The third kappa shape index (κ3) is 5.59. The second kappa shape index (κ2) is 7.74. The van der Waals surface area contributed by atoms with Gasteiger partial charge in [0.05, 0.1) is 6.10 Å². The van der Waals surface area contributed by atoms with Crippen LogP contribution in [0, 0.1) is 5.92 Å². The van der Waals surface area contributed by atoms with Crippen LogP contribution in [0.4, 0.5) is 23.7 Å². The topological polar surface area (TPSA) is 61.8 Å². The number of halogens is 3. The maximum atomic E-state index is 12.2. The lowest BCUT2D eigenvalue weighted by Crippen LogP contribution is -2.40. The quantitative estimate of drug-likeness (QED) is 0.876. The molecule has 1 saturated carbocycles. The van der Waals surface area contributed by atoms with Crippen molar-refractivity contribution in [2.45, 2.75) is 38.1 Å². The summed E-state index contributed by atoms with van der Waals surface area (Å²) in [6.45, 7) is 0.395. The number of carbonyl (C=O) groups is 1. The van der Waals surface area contributed by atoms with E-state index in [0.29, 0.717) is 6.54 Å². The normalized spacial score (nSPS) is 21.2. The van der Waals surface area contributed by atoms with Gasteiger partial charge in [0.1, 0.15) is 5.75 Å². The zero-order chi connectivity index (χ0) is 17.7. The molecule has 0 bridgehead atoms. The molecule has 0 heterocycles. The number of hydrogen-bond acceptors (Lipinski definition) is 3. The lowest BCUT2D eigenvalue weighted by Gasteiger charge is -2.31. The number of amides is 2. The van der Waals surface area contributed by atoms with E-state index in [4.69, 9.17) is 0 Å². The molecule has 1 aromatic rings. The molecule has 2 atom stereocenters. The van der Waals surface area contributed by atoms with Crippen LogP contribution in [0.25, 0.3) is 0 Å². The van der Waals surface area contributed by atoms with Gasteiger partial charge in [0, 0.05) is 31.3 Å². The third-order valence-electron chi connectivity index (χ3n) is 4.04. The fourth-order valence-corrected chi connectivity index (χ4v) is 2.83. The van der Waals surface area contributed by atoms with Gasteiger partial charge in [-0.15, -0.1) is 13.2 Å². The van der Waals surface area contributed by atoms with Crippen LogP contribution < -0.4 is 10.1 Å². The molecule has 134 valence electrons. The molecule has 1 aromatic carbocycles. The average molecular weight is 346 g/mol. The highest BCUT2D eigenvalue weighted by atomic mass is 19.4. The number of ether oxygens (including phenoxy) is 1. The van der Waals surface area contributed by atoms with E-state index in [1.165, 1.54) is 17.0 Å². The summed E-state index contributed by atoms with van der Waals surface area (Å²) < 4.78 is 40.5. The van der Waals surface area contributed by atoms with Gasteiger partial charge in [-0.2, -0.15) is 0 Å². The maximum Gasteiger partial charge on any atom is 0.573 e. The van der Waals surface area contributed by atoms with Gasteiger partial charge in [-0.3, -0.25) is 0 Å². The molecule has 2 rings (SSSR count). The summed E-state index contributed by atoms with van der Waals surface area (Å²) in [5.41, 5.74) is 0.206. The summed E-state index contributed by atoms with van der Waals surface area (Å²) in [5, 5.41) is 12.5. The van der Waals surface area contributed by atoms with E-state index < -0.39 is 24.2 Å². The summed E-state index contributed by atoms with van der Waals surface area (Å²) >= 11 is 0. The zero-order valence-corrected chi connectivity index (χ0v) is 13.3. The monoisotopic (exact) mass is 346 g/mol. The summed E-state index contributed by atoms with van der Waals surface area (Å²) in [6.07, 6.45) is -1.60. The number of nitrogens with zero attached hydrogens (tertiary/aromatic N) is 1. The van der Waals surface area contributed by atoms with E-state index in [0.717, 1.165) is 37.8 Å². The van der Waals surface area contributed by atoms with Crippen molar-refractivity contribution in [2.75, 3.05) is 18.9 Å². The van der Waals surface area contributed by atoms with Gasteiger partial charge in [0.15, 0.2) is 0 Å². The average Bonchev–Trinajstić information content (AvgIpc) is 2.48. The minimum Gasteiger partial charge on any atom is -0.406 e. The highest BCUT2D eigenvalue weighted by Crippen LogP contribution is 2.26. The summed E-state index contributed by atoms with van der Waals surface area (Å²) in [6, 6.07) is 4.66. The van der Waals surface area contributed by atoms with E-state index >= 15 is 0 Å². The van der Waals surface area contributed by atoms with E-state index in [9.17, 15) is 23.1 Å². The van der Waals surface area contributed by atoms with Crippen molar-refractivity contribution in [1.82, 2.24) is 4.90 Å². The molecule has 8 heteroatoms. The molecule has 2 amide bonds. The molecular weight excluding hydrogens is 325 g/mol. The highest BCUT2D eigenvalue weighted by Gasteiger charge is 2.31. The van der Waals surface area contributed by atoms with Crippen molar-refractivity contribution in [2.24, 2.45) is 5.92 Å². The maximum absolute atomic E-state index is 12.2. The molecule has 5 nitrogen and oxygen atoms in total.